The molecule has 0 spiro atoms. The summed E-state index contributed by atoms with van der Waals surface area (Å²) in [7, 11) is -2.28. The van der Waals surface area contributed by atoms with Crippen LogP contribution in [0.5, 0.6) is 5.75 Å². The molecule has 1 heterocycles. The highest BCUT2D eigenvalue weighted by Gasteiger charge is 2.31. The number of esters is 1. The lowest BCUT2D eigenvalue weighted by molar-refractivity contribution is 0.0597. The summed E-state index contributed by atoms with van der Waals surface area (Å²) < 4.78 is 78.1. The van der Waals surface area contributed by atoms with Gasteiger partial charge in [0.25, 0.3) is 10.0 Å². The summed E-state index contributed by atoms with van der Waals surface area (Å²) in [4.78, 5) is 11.7. The van der Waals surface area contributed by atoms with Crippen molar-refractivity contribution in [3.8, 4) is 17.0 Å². The van der Waals surface area contributed by atoms with Crippen molar-refractivity contribution in [2.75, 3.05) is 14.2 Å². The van der Waals surface area contributed by atoms with Crippen LogP contribution in [-0.2, 0) is 14.8 Å². The van der Waals surface area contributed by atoms with Crippen LogP contribution in [0.25, 0.3) is 11.3 Å². The third-order valence-corrected chi connectivity index (χ3v) is 5.73. The van der Waals surface area contributed by atoms with Crippen molar-refractivity contribution in [2.45, 2.75) is 4.90 Å². The maximum atomic E-state index is 14.5. The summed E-state index contributed by atoms with van der Waals surface area (Å²) in [5, 5.41) is 0. The highest BCUT2D eigenvalue weighted by Crippen LogP contribution is 2.39. The van der Waals surface area contributed by atoms with E-state index < -0.39 is 38.3 Å². The molecular weight excluding hydrogens is 411 g/mol. The molecule has 10 heteroatoms. The molecule has 0 bridgehead atoms. The third kappa shape index (κ3) is 3.58. The lowest BCUT2D eigenvalue weighted by atomic mass is 10.1. The van der Waals surface area contributed by atoms with Crippen LogP contribution in [0.2, 0.25) is 0 Å². The second kappa shape index (κ2) is 7.63. The highest BCUT2D eigenvalue weighted by atomic mass is 32.2. The first-order valence-electron chi connectivity index (χ1n) is 8.05. The molecular formula is C19H14F3NO5S. The molecule has 0 aliphatic rings. The molecule has 0 saturated carbocycles. The first-order valence-corrected chi connectivity index (χ1v) is 9.49. The van der Waals surface area contributed by atoms with Gasteiger partial charge in [0.15, 0.2) is 5.75 Å². The predicted octanol–water partition coefficient (Wildman–Crippen LogP) is 3.60. The molecule has 0 amide bonds. The zero-order valence-electron chi connectivity index (χ0n) is 15.1. The molecule has 6 nitrogen and oxygen atoms in total. The fraction of sp³-hybridized carbons (Fsp3) is 0.105. The Labute approximate surface area is 164 Å². The summed E-state index contributed by atoms with van der Waals surface area (Å²) >= 11 is 0. The minimum Gasteiger partial charge on any atom is -0.494 e. The van der Waals surface area contributed by atoms with Crippen molar-refractivity contribution in [1.82, 2.24) is 3.97 Å². The largest absolute Gasteiger partial charge is 0.494 e. The lowest BCUT2D eigenvalue weighted by Gasteiger charge is -2.13. The number of ether oxygens (including phenoxy) is 2. The Morgan fingerprint density at radius 3 is 2.28 bits per heavy atom. The molecule has 1 aromatic heterocycles. The van der Waals surface area contributed by atoms with Gasteiger partial charge in [-0.15, -0.1) is 0 Å². The minimum atomic E-state index is -4.49. The van der Waals surface area contributed by atoms with E-state index >= 15 is 0 Å². The van der Waals surface area contributed by atoms with Gasteiger partial charge < -0.3 is 9.47 Å². The van der Waals surface area contributed by atoms with Gasteiger partial charge in [0.1, 0.15) is 28.7 Å². The SMILES string of the molecule is COC(=O)c1cn(S(=O)(=O)c2cccc(F)c2)c(-c2ccc(F)cc2F)c1OC. The van der Waals surface area contributed by atoms with Gasteiger partial charge in [-0.1, -0.05) is 6.07 Å². The Morgan fingerprint density at radius 1 is 1.00 bits per heavy atom. The van der Waals surface area contributed by atoms with Crippen molar-refractivity contribution >= 4 is 16.0 Å². The fourth-order valence-electron chi connectivity index (χ4n) is 2.78. The summed E-state index contributed by atoms with van der Waals surface area (Å²) in [6, 6.07) is 6.61. The first kappa shape index (κ1) is 20.5. The van der Waals surface area contributed by atoms with Crippen molar-refractivity contribution in [2.24, 2.45) is 0 Å². The monoisotopic (exact) mass is 425 g/mol. The van der Waals surface area contributed by atoms with E-state index in [9.17, 15) is 26.4 Å². The summed E-state index contributed by atoms with van der Waals surface area (Å²) in [6.07, 6.45) is 0.878. The Bertz CT molecular complexity index is 1200. The van der Waals surface area contributed by atoms with Crippen LogP contribution in [-0.4, -0.2) is 32.6 Å². The number of methoxy groups -OCH3 is 2. The summed E-state index contributed by atoms with van der Waals surface area (Å²) in [5.41, 5.74) is -1.04. The number of hydrogen-bond acceptors (Lipinski definition) is 5. The summed E-state index contributed by atoms with van der Waals surface area (Å²) in [5.74, 6) is -4.04. The zero-order chi connectivity index (χ0) is 21.3. The molecule has 152 valence electrons. The third-order valence-electron chi connectivity index (χ3n) is 4.08. The summed E-state index contributed by atoms with van der Waals surface area (Å²) in [6.45, 7) is 0. The molecule has 2 aromatic carbocycles. The van der Waals surface area contributed by atoms with E-state index in [1.165, 1.54) is 6.07 Å². The van der Waals surface area contributed by atoms with Gasteiger partial charge in [0, 0.05) is 17.8 Å². The number of halogens is 3. The van der Waals surface area contributed by atoms with Crippen molar-refractivity contribution in [1.29, 1.82) is 0 Å². The molecule has 0 aliphatic heterocycles. The van der Waals surface area contributed by atoms with E-state index in [-0.39, 0.29) is 22.6 Å². The van der Waals surface area contributed by atoms with E-state index in [1.54, 1.807) is 0 Å². The molecule has 0 radical (unpaired) electrons. The van der Waals surface area contributed by atoms with Gasteiger partial charge in [-0.2, -0.15) is 0 Å². The Kier molecular flexibility index (Phi) is 5.38. The first-order chi connectivity index (χ1) is 13.7. The molecule has 0 saturated heterocycles. The van der Waals surface area contributed by atoms with E-state index in [0.29, 0.717) is 10.0 Å². The number of rotatable bonds is 5. The van der Waals surface area contributed by atoms with Gasteiger partial charge in [0.05, 0.1) is 19.1 Å². The van der Waals surface area contributed by atoms with Gasteiger partial charge >= 0.3 is 5.97 Å². The average Bonchev–Trinajstić information content (AvgIpc) is 3.07. The van der Waals surface area contributed by atoms with Crippen LogP contribution < -0.4 is 4.74 Å². The number of nitrogens with zero attached hydrogens (tertiary/aromatic N) is 1. The van der Waals surface area contributed by atoms with E-state index in [2.05, 4.69) is 4.74 Å². The van der Waals surface area contributed by atoms with Crippen LogP contribution in [0.15, 0.2) is 53.6 Å². The second-order valence-electron chi connectivity index (χ2n) is 5.80. The van der Waals surface area contributed by atoms with Crippen LogP contribution in [0.3, 0.4) is 0 Å². The van der Waals surface area contributed by atoms with Gasteiger partial charge in [-0.05, 0) is 30.3 Å². The Morgan fingerprint density at radius 2 is 1.69 bits per heavy atom. The number of hydrogen-bond donors (Lipinski definition) is 0. The maximum absolute atomic E-state index is 14.5. The van der Waals surface area contributed by atoms with Crippen LogP contribution >= 0.6 is 0 Å². The highest BCUT2D eigenvalue weighted by molar-refractivity contribution is 7.90. The molecule has 29 heavy (non-hydrogen) atoms. The van der Waals surface area contributed by atoms with Crippen LogP contribution in [0.1, 0.15) is 10.4 Å². The predicted molar refractivity (Wildman–Crippen MR) is 96.7 cm³/mol. The fourth-order valence-corrected chi connectivity index (χ4v) is 4.19. The van der Waals surface area contributed by atoms with Crippen LogP contribution in [0.4, 0.5) is 13.2 Å². The van der Waals surface area contributed by atoms with E-state index in [1.807, 2.05) is 0 Å². The minimum absolute atomic E-state index is 0.303. The Balaban J connectivity index is 2.40. The maximum Gasteiger partial charge on any atom is 0.343 e. The van der Waals surface area contributed by atoms with Crippen molar-refractivity contribution in [3.05, 3.63) is 71.7 Å². The number of benzene rings is 2. The number of carbonyl (C=O) groups excluding carboxylic acids is 1. The van der Waals surface area contributed by atoms with Gasteiger partial charge in [-0.25, -0.2) is 30.4 Å². The number of aromatic nitrogens is 1. The lowest BCUT2D eigenvalue weighted by Crippen LogP contribution is -2.14. The van der Waals surface area contributed by atoms with E-state index in [4.69, 9.17) is 4.74 Å². The standard InChI is InChI=1S/C19H14F3NO5S/c1-27-18-15(19(24)28-2)10-23(17(18)14-7-6-12(21)9-16(14)22)29(25,26)13-5-3-4-11(20)8-13/h3-10H,1-2H3. The molecule has 3 rings (SSSR count). The molecule has 0 atom stereocenters. The zero-order valence-corrected chi connectivity index (χ0v) is 16.0. The van der Waals surface area contributed by atoms with Crippen molar-refractivity contribution in [3.63, 3.8) is 0 Å². The van der Waals surface area contributed by atoms with Gasteiger partial charge in [-0.3, -0.25) is 0 Å². The smallest absolute Gasteiger partial charge is 0.343 e. The molecule has 3 aromatic rings. The Hall–Kier alpha value is -3.27. The quantitative estimate of drug-likeness (QED) is 0.584. The average molecular weight is 425 g/mol. The molecule has 0 unspecified atom stereocenters. The molecule has 0 fully saturated rings. The molecule has 0 aliphatic carbocycles. The van der Waals surface area contributed by atoms with Crippen LogP contribution in [0, 0.1) is 17.5 Å². The second-order valence-corrected chi connectivity index (χ2v) is 7.61. The number of carbonyl (C=O) groups is 1. The van der Waals surface area contributed by atoms with Gasteiger partial charge in [0.2, 0.25) is 0 Å². The normalized spacial score (nSPS) is 11.3. The van der Waals surface area contributed by atoms with Crippen molar-refractivity contribution < 1.29 is 35.9 Å². The topological polar surface area (TPSA) is 74.6 Å². The van der Waals surface area contributed by atoms with E-state index in [0.717, 1.165) is 50.7 Å². The molecule has 0 N–H and O–H groups in total.